The summed E-state index contributed by atoms with van der Waals surface area (Å²) in [5.41, 5.74) is 20.3. The molecule has 10 rings (SSSR count). The first-order chi connectivity index (χ1) is 23.7. The van der Waals surface area contributed by atoms with Crippen LogP contribution >= 0.6 is 0 Å². The van der Waals surface area contributed by atoms with Gasteiger partial charge in [-0.3, -0.25) is 0 Å². The molecule has 48 heavy (non-hydrogen) atoms. The summed E-state index contributed by atoms with van der Waals surface area (Å²) < 4.78 is 0. The maximum atomic E-state index is 2.54. The molecule has 0 N–H and O–H groups in total. The molecule has 4 aliphatic rings. The predicted octanol–water partition coefficient (Wildman–Crippen LogP) is 13.1. The Labute approximate surface area is 285 Å². The van der Waals surface area contributed by atoms with Crippen LogP contribution < -0.4 is 0 Å². The van der Waals surface area contributed by atoms with Crippen LogP contribution in [0.2, 0.25) is 0 Å². The van der Waals surface area contributed by atoms with Crippen LogP contribution in [0.1, 0.15) is 86.5 Å². The Balaban J connectivity index is 0.976. The monoisotopic (exact) mass is 618 g/mol. The van der Waals surface area contributed by atoms with E-state index in [4.69, 9.17) is 0 Å². The number of rotatable bonds is 3. The van der Waals surface area contributed by atoms with Crippen LogP contribution in [-0.2, 0) is 10.8 Å². The van der Waals surface area contributed by atoms with Crippen molar-refractivity contribution in [2.45, 2.75) is 75.0 Å². The van der Waals surface area contributed by atoms with Crippen molar-refractivity contribution < 1.29 is 0 Å². The number of hydrogen-bond acceptors (Lipinski definition) is 0. The summed E-state index contributed by atoms with van der Waals surface area (Å²) in [6, 6.07) is 51.5. The second kappa shape index (κ2) is 10.9. The molecule has 6 aromatic rings. The van der Waals surface area contributed by atoms with Crippen molar-refractivity contribution in [1.29, 1.82) is 0 Å². The molecule has 2 spiro atoms. The van der Waals surface area contributed by atoms with E-state index in [-0.39, 0.29) is 10.8 Å². The third-order valence-corrected chi connectivity index (χ3v) is 12.7. The topological polar surface area (TPSA) is 0 Å². The maximum absolute atomic E-state index is 2.54. The molecule has 0 heteroatoms. The molecule has 0 heterocycles. The van der Waals surface area contributed by atoms with Crippen LogP contribution in [0, 0.1) is 0 Å². The van der Waals surface area contributed by atoms with Crippen molar-refractivity contribution in [1.82, 2.24) is 0 Å². The zero-order chi connectivity index (χ0) is 31.7. The Bertz CT molecular complexity index is 2180. The molecule has 0 atom stereocenters. The fraction of sp³-hybridized carbons (Fsp3) is 0.250. The van der Waals surface area contributed by atoms with Crippen molar-refractivity contribution in [3.05, 3.63) is 156 Å². The second-order valence-electron chi connectivity index (χ2n) is 15.1. The molecule has 2 fully saturated rings. The Kier molecular flexibility index (Phi) is 6.45. The minimum atomic E-state index is 0.185. The van der Waals surface area contributed by atoms with E-state index in [0.717, 1.165) is 0 Å². The van der Waals surface area contributed by atoms with E-state index in [1.165, 1.54) is 120 Å². The molecule has 0 aliphatic heterocycles. The summed E-state index contributed by atoms with van der Waals surface area (Å²) in [6.45, 7) is 0. The minimum Gasteiger partial charge on any atom is -0.0619 e. The molecule has 0 unspecified atom stereocenters. The minimum absolute atomic E-state index is 0.185. The number of fused-ring (bicyclic) bond motifs is 10. The van der Waals surface area contributed by atoms with E-state index < -0.39 is 0 Å². The van der Waals surface area contributed by atoms with E-state index in [2.05, 4.69) is 133 Å². The Hall–Kier alpha value is -4.68. The van der Waals surface area contributed by atoms with Crippen LogP contribution in [0.15, 0.2) is 133 Å². The lowest BCUT2D eigenvalue weighted by atomic mass is 9.67. The summed E-state index contributed by atoms with van der Waals surface area (Å²) in [6.07, 6.45) is 13.1. The fourth-order valence-corrected chi connectivity index (χ4v) is 10.4. The van der Waals surface area contributed by atoms with E-state index in [1.807, 2.05) is 0 Å². The van der Waals surface area contributed by atoms with Gasteiger partial charge in [0.25, 0.3) is 0 Å². The van der Waals surface area contributed by atoms with Crippen LogP contribution in [0.4, 0.5) is 0 Å². The molecule has 0 nitrogen and oxygen atoms in total. The van der Waals surface area contributed by atoms with Gasteiger partial charge in [0.15, 0.2) is 0 Å². The van der Waals surface area contributed by atoms with Crippen LogP contribution in [0.5, 0.6) is 0 Å². The average Bonchev–Trinajstić information content (AvgIpc) is 3.58. The lowest BCUT2D eigenvalue weighted by molar-refractivity contribution is 0.353. The molecule has 234 valence electrons. The lowest BCUT2D eigenvalue weighted by Crippen LogP contribution is -2.28. The first kappa shape index (κ1) is 28.3. The molecule has 0 radical (unpaired) electrons. The summed E-state index contributed by atoms with van der Waals surface area (Å²) in [7, 11) is 0. The molecule has 0 amide bonds. The number of hydrogen-bond donors (Lipinski definition) is 0. The van der Waals surface area contributed by atoms with Crippen molar-refractivity contribution in [2.24, 2.45) is 0 Å². The number of benzene rings is 6. The highest BCUT2D eigenvalue weighted by Crippen LogP contribution is 2.57. The first-order valence-electron chi connectivity index (χ1n) is 18.4. The lowest BCUT2D eigenvalue weighted by Gasteiger charge is -2.36. The van der Waals surface area contributed by atoms with Crippen molar-refractivity contribution in [3.8, 4) is 55.6 Å². The molecular formula is C48H42. The molecule has 0 aromatic heterocycles. The maximum Gasteiger partial charge on any atom is 0.0215 e. The first-order valence-corrected chi connectivity index (χ1v) is 18.4. The van der Waals surface area contributed by atoms with Gasteiger partial charge < -0.3 is 0 Å². The molecule has 0 bridgehead atoms. The zero-order valence-corrected chi connectivity index (χ0v) is 27.8. The Morgan fingerprint density at radius 1 is 0.271 bits per heavy atom. The fourth-order valence-electron chi connectivity index (χ4n) is 10.4. The van der Waals surface area contributed by atoms with Gasteiger partial charge in [-0.15, -0.1) is 0 Å². The molecule has 4 aliphatic carbocycles. The smallest absolute Gasteiger partial charge is 0.0215 e. The van der Waals surface area contributed by atoms with Crippen LogP contribution in [0.25, 0.3) is 55.6 Å². The van der Waals surface area contributed by atoms with Gasteiger partial charge in [-0.25, -0.2) is 0 Å². The Morgan fingerprint density at radius 3 is 1.15 bits per heavy atom. The molecule has 2 saturated carbocycles. The van der Waals surface area contributed by atoms with Gasteiger partial charge in [-0.05, 0) is 122 Å². The quantitative estimate of drug-likeness (QED) is 0.185. The van der Waals surface area contributed by atoms with Gasteiger partial charge >= 0.3 is 0 Å². The van der Waals surface area contributed by atoms with Gasteiger partial charge in [0.05, 0.1) is 0 Å². The standard InChI is InChI=1S/C48H42/c1-7-26-47(27-8-1)43-16-5-3-14-39(43)41-24-22-37(31-45(41)47)34-20-18-33(19-21-34)35-12-11-13-36(30-35)38-23-25-42-40-15-4-6-17-44(40)48(46(42)32-38)28-9-2-10-29-48/h3-6,11-25,30-32H,1-2,7-10,26-29H2. The third kappa shape index (κ3) is 4.14. The van der Waals surface area contributed by atoms with Crippen molar-refractivity contribution in [2.75, 3.05) is 0 Å². The van der Waals surface area contributed by atoms with Crippen molar-refractivity contribution >= 4 is 0 Å². The van der Waals surface area contributed by atoms with E-state index in [9.17, 15) is 0 Å². The van der Waals surface area contributed by atoms with E-state index in [0.29, 0.717) is 0 Å². The molecule has 0 saturated heterocycles. The normalized spacial score (nSPS) is 17.9. The van der Waals surface area contributed by atoms with E-state index >= 15 is 0 Å². The third-order valence-electron chi connectivity index (χ3n) is 12.7. The molecular weight excluding hydrogens is 577 g/mol. The summed E-state index contributed by atoms with van der Waals surface area (Å²) >= 11 is 0. The van der Waals surface area contributed by atoms with Crippen LogP contribution in [-0.4, -0.2) is 0 Å². The largest absolute Gasteiger partial charge is 0.0619 e. The average molecular weight is 619 g/mol. The van der Waals surface area contributed by atoms with Gasteiger partial charge in [0, 0.05) is 10.8 Å². The highest BCUT2D eigenvalue weighted by molar-refractivity contribution is 5.86. The summed E-state index contributed by atoms with van der Waals surface area (Å²) in [5.74, 6) is 0. The highest BCUT2D eigenvalue weighted by Gasteiger charge is 2.44. The van der Waals surface area contributed by atoms with Gasteiger partial charge in [0.2, 0.25) is 0 Å². The summed E-state index contributed by atoms with van der Waals surface area (Å²) in [5, 5.41) is 0. The van der Waals surface area contributed by atoms with Gasteiger partial charge in [0.1, 0.15) is 0 Å². The van der Waals surface area contributed by atoms with Crippen LogP contribution in [0.3, 0.4) is 0 Å². The highest BCUT2D eigenvalue weighted by atomic mass is 14.5. The van der Waals surface area contributed by atoms with Gasteiger partial charge in [-0.2, -0.15) is 0 Å². The van der Waals surface area contributed by atoms with E-state index in [1.54, 1.807) is 22.3 Å². The van der Waals surface area contributed by atoms with Crippen molar-refractivity contribution in [3.63, 3.8) is 0 Å². The predicted molar refractivity (Wildman–Crippen MR) is 201 cm³/mol. The molecule has 6 aromatic carbocycles. The second-order valence-corrected chi connectivity index (χ2v) is 15.1. The van der Waals surface area contributed by atoms with Gasteiger partial charge in [-0.1, -0.05) is 154 Å². The zero-order valence-electron chi connectivity index (χ0n) is 27.8. The Morgan fingerprint density at radius 2 is 0.646 bits per heavy atom. The summed E-state index contributed by atoms with van der Waals surface area (Å²) in [4.78, 5) is 0. The SMILES string of the molecule is c1cc(-c2ccc(-c3ccc4c(c3)C3(CCCCC3)c3ccccc3-4)cc2)cc(-c2ccc3c(c2)C2(CCCCC2)c2ccccc2-3)c1.